The number of nitrogens with two attached hydrogens (primary N) is 1. The van der Waals surface area contributed by atoms with Gasteiger partial charge in [0.25, 0.3) is 6.48 Å². The smallest absolute Gasteiger partial charge is 0.337 e. The third-order valence-electron chi connectivity index (χ3n) is 6.88. The lowest BCUT2D eigenvalue weighted by molar-refractivity contribution is -0.133. The highest BCUT2D eigenvalue weighted by Gasteiger charge is 2.36. The highest BCUT2D eigenvalue weighted by molar-refractivity contribution is 6.00. The summed E-state index contributed by atoms with van der Waals surface area (Å²) in [6.07, 6.45) is 1.19. The van der Waals surface area contributed by atoms with Crippen LogP contribution >= 0.6 is 0 Å². The van der Waals surface area contributed by atoms with Gasteiger partial charge in [-0.25, -0.2) is 14.5 Å². The molecular weight excluding hydrogens is 517 g/mol. The number of esters is 1. The number of anilines is 2. The van der Waals surface area contributed by atoms with Crippen LogP contribution in [0.2, 0.25) is 0 Å². The van der Waals surface area contributed by atoms with Crippen molar-refractivity contribution >= 4 is 29.2 Å². The van der Waals surface area contributed by atoms with E-state index in [2.05, 4.69) is 4.74 Å². The molecule has 0 aromatic heterocycles. The summed E-state index contributed by atoms with van der Waals surface area (Å²) in [6, 6.07) is 17.0. The number of halogens is 1. The number of primary amides is 1. The molecule has 2 atom stereocenters. The SMILES string of the molecule is COC(=O)c1ccc(O[C@@H](F)N2CCC[C@H]2C(=O)Cc2ccc(N(C(N)=O)c3ccccc3C)c(OC)c2)cc1. The van der Waals surface area contributed by atoms with E-state index in [0.29, 0.717) is 47.6 Å². The number of carbonyl (C=O) groups excluding carboxylic acids is 3. The van der Waals surface area contributed by atoms with Crippen LogP contribution in [0.3, 0.4) is 0 Å². The number of carbonyl (C=O) groups is 3. The Morgan fingerprint density at radius 1 is 1.05 bits per heavy atom. The first-order valence-corrected chi connectivity index (χ1v) is 12.8. The quantitative estimate of drug-likeness (QED) is 0.282. The summed E-state index contributed by atoms with van der Waals surface area (Å²) in [5.41, 5.74) is 8.61. The van der Waals surface area contributed by atoms with Crippen LogP contribution < -0.4 is 20.1 Å². The number of amides is 2. The van der Waals surface area contributed by atoms with Crippen LogP contribution in [-0.4, -0.2) is 56.0 Å². The summed E-state index contributed by atoms with van der Waals surface area (Å²) in [6.45, 7) is 0.400. The first kappa shape index (κ1) is 28.6. The predicted molar refractivity (Wildman–Crippen MR) is 148 cm³/mol. The number of para-hydroxylation sites is 1. The number of methoxy groups -OCH3 is 2. The van der Waals surface area contributed by atoms with Gasteiger partial charge in [-0.2, -0.15) is 4.39 Å². The maximum Gasteiger partial charge on any atom is 0.337 e. The second kappa shape index (κ2) is 12.6. The fraction of sp³-hybridized carbons (Fsp3) is 0.300. The molecule has 10 heteroatoms. The first-order valence-electron chi connectivity index (χ1n) is 12.8. The van der Waals surface area contributed by atoms with Crippen LogP contribution in [0.4, 0.5) is 20.6 Å². The van der Waals surface area contributed by atoms with Crippen molar-refractivity contribution in [1.82, 2.24) is 4.90 Å². The van der Waals surface area contributed by atoms with Gasteiger partial charge < -0.3 is 19.9 Å². The Labute approximate surface area is 232 Å². The molecule has 40 heavy (non-hydrogen) atoms. The van der Waals surface area contributed by atoms with Gasteiger partial charge in [0.15, 0.2) is 5.78 Å². The van der Waals surface area contributed by atoms with Crippen molar-refractivity contribution < 1.29 is 33.0 Å². The van der Waals surface area contributed by atoms with E-state index in [1.807, 2.05) is 25.1 Å². The van der Waals surface area contributed by atoms with Gasteiger partial charge in [-0.3, -0.25) is 9.69 Å². The lowest BCUT2D eigenvalue weighted by Crippen LogP contribution is -2.44. The minimum atomic E-state index is -1.84. The summed E-state index contributed by atoms with van der Waals surface area (Å²) in [7, 11) is 2.75. The average Bonchev–Trinajstić information content (AvgIpc) is 3.45. The summed E-state index contributed by atoms with van der Waals surface area (Å²) in [5, 5.41) is 0. The van der Waals surface area contributed by atoms with E-state index < -0.39 is 24.5 Å². The highest BCUT2D eigenvalue weighted by Crippen LogP contribution is 2.36. The maximum atomic E-state index is 15.2. The number of benzene rings is 3. The highest BCUT2D eigenvalue weighted by atomic mass is 19.1. The maximum absolute atomic E-state index is 15.2. The second-order valence-corrected chi connectivity index (χ2v) is 9.43. The van der Waals surface area contributed by atoms with E-state index in [0.717, 1.165) is 5.56 Å². The zero-order valence-electron chi connectivity index (χ0n) is 22.6. The molecule has 1 aliphatic rings. The van der Waals surface area contributed by atoms with Crippen molar-refractivity contribution in [3.63, 3.8) is 0 Å². The molecular formula is C30H32FN3O6. The number of urea groups is 1. The topological polar surface area (TPSA) is 111 Å². The molecule has 1 aliphatic heterocycles. The molecule has 1 heterocycles. The van der Waals surface area contributed by atoms with Gasteiger partial charge in [0.2, 0.25) is 0 Å². The molecule has 0 aliphatic carbocycles. The number of aryl methyl sites for hydroxylation is 1. The monoisotopic (exact) mass is 549 g/mol. The summed E-state index contributed by atoms with van der Waals surface area (Å²) in [4.78, 5) is 40.1. The van der Waals surface area contributed by atoms with E-state index >= 15 is 4.39 Å². The van der Waals surface area contributed by atoms with Crippen LogP contribution in [-0.2, 0) is 16.0 Å². The number of likely N-dealkylation sites (tertiary alicyclic amines) is 1. The minimum absolute atomic E-state index is 0.0410. The third kappa shape index (κ3) is 6.23. The Balaban J connectivity index is 1.47. The molecule has 4 rings (SSSR count). The fourth-order valence-corrected chi connectivity index (χ4v) is 4.86. The van der Waals surface area contributed by atoms with Crippen LogP contribution in [0.25, 0.3) is 0 Å². The van der Waals surface area contributed by atoms with Gasteiger partial charge >= 0.3 is 12.0 Å². The van der Waals surface area contributed by atoms with Crippen molar-refractivity contribution in [3.8, 4) is 11.5 Å². The molecule has 2 amide bonds. The zero-order chi connectivity index (χ0) is 28.8. The molecule has 1 fully saturated rings. The summed E-state index contributed by atoms with van der Waals surface area (Å²) >= 11 is 0. The van der Waals surface area contributed by atoms with Crippen molar-refractivity contribution in [2.75, 3.05) is 25.7 Å². The molecule has 3 aromatic rings. The molecule has 0 bridgehead atoms. The molecule has 1 saturated heterocycles. The van der Waals surface area contributed by atoms with E-state index in [1.165, 1.54) is 48.3 Å². The van der Waals surface area contributed by atoms with Gasteiger partial charge in [0.1, 0.15) is 11.5 Å². The minimum Gasteiger partial charge on any atom is -0.495 e. The first-order chi connectivity index (χ1) is 19.2. The number of hydrogen-bond donors (Lipinski definition) is 1. The Morgan fingerprint density at radius 2 is 1.77 bits per heavy atom. The predicted octanol–water partition coefficient (Wildman–Crippen LogP) is 4.92. The molecule has 210 valence electrons. The molecule has 3 aromatic carbocycles. The Morgan fingerprint density at radius 3 is 2.42 bits per heavy atom. The lowest BCUT2D eigenvalue weighted by Gasteiger charge is -2.27. The van der Waals surface area contributed by atoms with E-state index in [4.69, 9.17) is 15.2 Å². The van der Waals surface area contributed by atoms with Crippen LogP contribution in [0.1, 0.15) is 34.3 Å². The number of hydrogen-bond acceptors (Lipinski definition) is 7. The Kier molecular flexibility index (Phi) is 9.00. The normalized spacial score (nSPS) is 15.8. The van der Waals surface area contributed by atoms with Gasteiger partial charge in [0, 0.05) is 13.0 Å². The van der Waals surface area contributed by atoms with Crippen LogP contribution in [0.5, 0.6) is 11.5 Å². The number of Topliss-reactive ketones (excluding diaryl/α,β-unsaturated/α-hetero) is 1. The number of ketones is 1. The second-order valence-electron chi connectivity index (χ2n) is 9.43. The van der Waals surface area contributed by atoms with Gasteiger partial charge in [-0.15, -0.1) is 0 Å². The van der Waals surface area contributed by atoms with Gasteiger partial charge in [-0.05, 0) is 73.4 Å². The molecule has 0 saturated carbocycles. The van der Waals surface area contributed by atoms with Gasteiger partial charge in [0.05, 0.1) is 37.2 Å². The summed E-state index contributed by atoms with van der Waals surface area (Å²) < 4.78 is 30.9. The number of nitrogens with zero attached hydrogens (tertiary/aromatic N) is 2. The fourth-order valence-electron chi connectivity index (χ4n) is 4.86. The average molecular weight is 550 g/mol. The van der Waals surface area contributed by atoms with Crippen molar-refractivity contribution in [2.24, 2.45) is 5.73 Å². The standard InChI is InChI=1S/C30H32FN3O6/c1-19-7-4-5-8-23(19)34(30(32)37)25-15-10-20(18-27(25)38-2)17-26(35)24-9-6-16-33(24)29(31)40-22-13-11-21(12-14-22)28(36)39-3/h4-5,7-8,10-15,18,24,29H,6,9,16-17H2,1-3H3,(H2,32,37)/t24-,29-/m0/s1. The zero-order valence-corrected chi connectivity index (χ0v) is 22.6. The third-order valence-corrected chi connectivity index (χ3v) is 6.88. The van der Waals surface area contributed by atoms with Crippen molar-refractivity contribution in [3.05, 3.63) is 83.4 Å². The molecule has 0 radical (unpaired) electrons. The van der Waals surface area contributed by atoms with Crippen LogP contribution in [0, 0.1) is 6.92 Å². The van der Waals surface area contributed by atoms with Crippen LogP contribution in [0.15, 0.2) is 66.7 Å². The Hall–Kier alpha value is -4.44. The molecule has 2 N–H and O–H groups in total. The Bertz CT molecular complexity index is 1380. The van der Waals surface area contributed by atoms with Crippen molar-refractivity contribution in [2.45, 2.75) is 38.7 Å². The lowest BCUT2D eigenvalue weighted by atomic mass is 10.0. The number of rotatable bonds is 10. The molecule has 0 spiro atoms. The summed E-state index contributed by atoms with van der Waals surface area (Å²) in [5.74, 6) is -0.0649. The van der Waals surface area contributed by atoms with Gasteiger partial charge in [-0.1, -0.05) is 24.3 Å². The van der Waals surface area contributed by atoms with Crippen molar-refractivity contribution in [1.29, 1.82) is 0 Å². The number of alkyl halides is 1. The van der Waals surface area contributed by atoms with E-state index in [-0.39, 0.29) is 18.0 Å². The molecule has 0 unspecified atom stereocenters. The van der Waals surface area contributed by atoms with E-state index in [9.17, 15) is 14.4 Å². The largest absolute Gasteiger partial charge is 0.495 e. The van der Waals surface area contributed by atoms with E-state index in [1.54, 1.807) is 24.3 Å². The number of ether oxygens (including phenoxy) is 3. The molecule has 9 nitrogen and oxygen atoms in total.